The third-order valence-corrected chi connectivity index (χ3v) is 5.24. The third-order valence-electron chi connectivity index (χ3n) is 4.52. The molecule has 0 bridgehead atoms. The molecule has 4 nitrogen and oxygen atoms in total. The van der Waals surface area contributed by atoms with E-state index in [2.05, 4.69) is 15.9 Å². The SMILES string of the molecule is N[C@@H]1CCC[C@H]1C(=O)N1CCO[C@H](c2ccccc2Br)C1. The van der Waals surface area contributed by atoms with Crippen LogP contribution in [0.1, 0.15) is 30.9 Å². The van der Waals surface area contributed by atoms with Crippen LogP contribution in [0.5, 0.6) is 0 Å². The van der Waals surface area contributed by atoms with E-state index in [1.54, 1.807) is 0 Å². The first kappa shape index (κ1) is 15.0. The van der Waals surface area contributed by atoms with Crippen LogP contribution < -0.4 is 5.73 Å². The summed E-state index contributed by atoms with van der Waals surface area (Å²) in [6, 6.07) is 8.06. The Morgan fingerprint density at radius 3 is 2.86 bits per heavy atom. The Kier molecular flexibility index (Phi) is 4.62. The normalized spacial score (nSPS) is 29.6. The standard InChI is InChI=1S/C16H21BrN2O2/c17-13-6-2-1-4-11(13)15-10-19(8-9-21-15)16(20)12-5-3-7-14(12)18/h1-2,4,6,12,14-15H,3,5,7-10,18H2/t12-,14-,15+/m1/s1. The van der Waals surface area contributed by atoms with Gasteiger partial charge in [0.25, 0.3) is 0 Å². The minimum Gasteiger partial charge on any atom is -0.370 e. The topological polar surface area (TPSA) is 55.6 Å². The summed E-state index contributed by atoms with van der Waals surface area (Å²) in [6.45, 7) is 1.87. The molecule has 3 atom stereocenters. The average Bonchev–Trinajstić information content (AvgIpc) is 2.93. The number of benzene rings is 1. The van der Waals surface area contributed by atoms with Gasteiger partial charge >= 0.3 is 0 Å². The first-order chi connectivity index (χ1) is 10.2. The highest BCUT2D eigenvalue weighted by atomic mass is 79.9. The molecule has 1 aliphatic carbocycles. The van der Waals surface area contributed by atoms with Gasteiger partial charge in [0.15, 0.2) is 0 Å². The van der Waals surface area contributed by atoms with Crippen molar-refractivity contribution in [2.45, 2.75) is 31.4 Å². The molecule has 1 aliphatic heterocycles. The van der Waals surface area contributed by atoms with Crippen LogP contribution in [0.15, 0.2) is 28.7 Å². The Morgan fingerprint density at radius 2 is 2.14 bits per heavy atom. The van der Waals surface area contributed by atoms with Crippen LogP contribution in [0.4, 0.5) is 0 Å². The number of hydrogen-bond acceptors (Lipinski definition) is 3. The molecule has 1 saturated heterocycles. The van der Waals surface area contributed by atoms with Crippen LogP contribution >= 0.6 is 15.9 Å². The fraction of sp³-hybridized carbons (Fsp3) is 0.562. The lowest BCUT2D eigenvalue weighted by Gasteiger charge is -2.35. The molecule has 2 N–H and O–H groups in total. The second-order valence-electron chi connectivity index (χ2n) is 5.87. The maximum Gasteiger partial charge on any atom is 0.227 e. The molecule has 1 aromatic rings. The Labute approximate surface area is 133 Å². The van der Waals surface area contributed by atoms with Crippen LogP contribution in [0.25, 0.3) is 0 Å². The predicted molar refractivity (Wildman–Crippen MR) is 84.7 cm³/mol. The van der Waals surface area contributed by atoms with Crippen LogP contribution in [-0.2, 0) is 9.53 Å². The van der Waals surface area contributed by atoms with E-state index in [0.717, 1.165) is 29.3 Å². The molecule has 1 aromatic carbocycles. The third kappa shape index (κ3) is 3.15. The van der Waals surface area contributed by atoms with E-state index in [-0.39, 0.29) is 24.0 Å². The molecule has 0 radical (unpaired) electrons. The van der Waals surface area contributed by atoms with E-state index in [0.29, 0.717) is 19.7 Å². The number of rotatable bonds is 2. The molecule has 0 aromatic heterocycles. The van der Waals surface area contributed by atoms with E-state index in [9.17, 15) is 4.79 Å². The van der Waals surface area contributed by atoms with E-state index in [1.165, 1.54) is 0 Å². The highest BCUT2D eigenvalue weighted by molar-refractivity contribution is 9.10. The monoisotopic (exact) mass is 352 g/mol. The van der Waals surface area contributed by atoms with E-state index in [4.69, 9.17) is 10.5 Å². The lowest BCUT2D eigenvalue weighted by atomic mass is 10.0. The Balaban J connectivity index is 1.71. The van der Waals surface area contributed by atoms with E-state index in [1.807, 2.05) is 29.2 Å². The number of nitrogens with zero attached hydrogens (tertiary/aromatic N) is 1. The first-order valence-corrected chi connectivity index (χ1v) is 8.36. The van der Waals surface area contributed by atoms with Gasteiger partial charge in [-0.3, -0.25) is 4.79 Å². The van der Waals surface area contributed by atoms with E-state index >= 15 is 0 Å². The van der Waals surface area contributed by atoms with Crippen molar-refractivity contribution in [3.8, 4) is 0 Å². The quantitative estimate of drug-likeness (QED) is 0.889. The molecule has 2 fully saturated rings. The lowest BCUT2D eigenvalue weighted by molar-refractivity contribution is -0.143. The van der Waals surface area contributed by atoms with Crippen molar-refractivity contribution in [2.75, 3.05) is 19.7 Å². The van der Waals surface area contributed by atoms with Crippen molar-refractivity contribution in [3.63, 3.8) is 0 Å². The molecule has 21 heavy (non-hydrogen) atoms. The summed E-state index contributed by atoms with van der Waals surface area (Å²) in [6.07, 6.45) is 2.90. The highest BCUT2D eigenvalue weighted by Crippen LogP contribution is 2.31. The van der Waals surface area contributed by atoms with Gasteiger partial charge in [-0.1, -0.05) is 40.5 Å². The molecule has 2 aliphatic rings. The van der Waals surface area contributed by atoms with Crippen molar-refractivity contribution < 1.29 is 9.53 Å². The number of nitrogens with two attached hydrogens (primary N) is 1. The molecular formula is C16H21BrN2O2. The lowest BCUT2D eigenvalue weighted by Crippen LogP contribution is -2.47. The number of halogens is 1. The van der Waals surface area contributed by atoms with Gasteiger partial charge < -0.3 is 15.4 Å². The fourth-order valence-corrected chi connectivity index (χ4v) is 3.84. The van der Waals surface area contributed by atoms with Gasteiger partial charge in [-0.2, -0.15) is 0 Å². The summed E-state index contributed by atoms with van der Waals surface area (Å²) in [5.41, 5.74) is 7.17. The molecular weight excluding hydrogens is 332 g/mol. The maximum absolute atomic E-state index is 12.7. The van der Waals surface area contributed by atoms with Crippen molar-refractivity contribution >= 4 is 21.8 Å². The molecule has 5 heteroatoms. The summed E-state index contributed by atoms with van der Waals surface area (Å²) in [5.74, 6) is 0.211. The first-order valence-electron chi connectivity index (χ1n) is 7.57. The van der Waals surface area contributed by atoms with Gasteiger partial charge in [0, 0.05) is 17.1 Å². The minimum absolute atomic E-state index is 0.00274. The molecule has 1 saturated carbocycles. The van der Waals surface area contributed by atoms with Crippen molar-refractivity contribution in [2.24, 2.45) is 11.7 Å². The number of carbonyl (C=O) groups is 1. The van der Waals surface area contributed by atoms with Gasteiger partial charge in [0.1, 0.15) is 6.10 Å². The fourth-order valence-electron chi connectivity index (χ4n) is 3.30. The second kappa shape index (κ2) is 6.46. The molecule has 1 heterocycles. The Bertz CT molecular complexity index is 523. The van der Waals surface area contributed by atoms with Crippen LogP contribution in [0, 0.1) is 5.92 Å². The number of hydrogen-bond donors (Lipinski definition) is 1. The van der Waals surface area contributed by atoms with Gasteiger partial charge in [0.05, 0.1) is 19.1 Å². The summed E-state index contributed by atoms with van der Waals surface area (Å²) in [7, 11) is 0. The smallest absolute Gasteiger partial charge is 0.227 e. The van der Waals surface area contributed by atoms with Crippen molar-refractivity contribution in [1.29, 1.82) is 0 Å². The largest absolute Gasteiger partial charge is 0.370 e. The van der Waals surface area contributed by atoms with Crippen LogP contribution in [0.2, 0.25) is 0 Å². The van der Waals surface area contributed by atoms with Gasteiger partial charge in [-0.05, 0) is 24.5 Å². The zero-order valence-electron chi connectivity index (χ0n) is 12.0. The highest BCUT2D eigenvalue weighted by Gasteiger charge is 2.35. The van der Waals surface area contributed by atoms with Crippen LogP contribution in [-0.4, -0.2) is 36.5 Å². The average molecular weight is 353 g/mol. The minimum atomic E-state index is -0.0593. The maximum atomic E-state index is 12.7. The number of carbonyl (C=O) groups excluding carboxylic acids is 1. The molecule has 3 rings (SSSR count). The van der Waals surface area contributed by atoms with Crippen molar-refractivity contribution in [1.82, 2.24) is 4.90 Å². The predicted octanol–water partition coefficient (Wildman–Crippen LogP) is 2.48. The van der Waals surface area contributed by atoms with Crippen molar-refractivity contribution in [3.05, 3.63) is 34.3 Å². The number of amides is 1. The number of ether oxygens (including phenoxy) is 1. The van der Waals surface area contributed by atoms with Gasteiger partial charge in [-0.25, -0.2) is 0 Å². The number of morpholine rings is 1. The van der Waals surface area contributed by atoms with Gasteiger partial charge in [-0.15, -0.1) is 0 Å². The molecule has 0 spiro atoms. The molecule has 0 unspecified atom stereocenters. The van der Waals surface area contributed by atoms with Gasteiger partial charge in [0.2, 0.25) is 5.91 Å². The van der Waals surface area contributed by atoms with Crippen LogP contribution in [0.3, 0.4) is 0 Å². The van der Waals surface area contributed by atoms with E-state index < -0.39 is 0 Å². The summed E-state index contributed by atoms with van der Waals surface area (Å²) < 4.78 is 6.89. The zero-order valence-corrected chi connectivity index (χ0v) is 13.6. The molecule has 1 amide bonds. The zero-order chi connectivity index (χ0) is 14.8. The summed E-state index contributed by atoms with van der Waals surface area (Å²) >= 11 is 3.56. The molecule has 114 valence electrons. The Morgan fingerprint density at radius 1 is 1.33 bits per heavy atom. The summed E-state index contributed by atoms with van der Waals surface area (Å²) in [5, 5.41) is 0. The summed E-state index contributed by atoms with van der Waals surface area (Å²) in [4.78, 5) is 14.6. The second-order valence-corrected chi connectivity index (χ2v) is 6.72. The Hall–Kier alpha value is -0.910.